The van der Waals surface area contributed by atoms with Crippen LogP contribution in [0.15, 0.2) is 66.7 Å². The normalized spacial score (nSPS) is 14.5. The third-order valence-corrected chi connectivity index (χ3v) is 5.85. The van der Waals surface area contributed by atoms with Gasteiger partial charge in [0.2, 0.25) is 0 Å². The van der Waals surface area contributed by atoms with Crippen molar-refractivity contribution in [3.63, 3.8) is 0 Å². The second kappa shape index (κ2) is 7.42. The fraction of sp³-hybridized carbons (Fsp3) is 0.125. The average Bonchev–Trinajstić information content (AvgIpc) is 2.95. The first-order chi connectivity index (χ1) is 15.5. The minimum atomic E-state index is -0.831. The zero-order chi connectivity index (χ0) is 22.4. The molecule has 2 aliphatic rings. The number of amides is 3. The van der Waals surface area contributed by atoms with Gasteiger partial charge < -0.3 is 0 Å². The minimum Gasteiger partial charge on any atom is -0.279 e. The summed E-state index contributed by atoms with van der Waals surface area (Å²) in [6, 6.07) is 18.9. The van der Waals surface area contributed by atoms with Crippen LogP contribution in [0.4, 0.5) is 17.1 Å². The first kappa shape index (κ1) is 19.6. The van der Waals surface area contributed by atoms with Crippen LogP contribution in [0.5, 0.6) is 0 Å². The molecule has 3 amide bonds. The lowest BCUT2D eigenvalue weighted by atomic mass is 10.0. The summed E-state index contributed by atoms with van der Waals surface area (Å²) in [7, 11) is 0. The van der Waals surface area contributed by atoms with Crippen LogP contribution in [0.2, 0.25) is 0 Å². The molecule has 2 aliphatic heterocycles. The summed E-state index contributed by atoms with van der Waals surface area (Å²) in [5, 5.41) is 11.4. The number of fused-ring (bicyclic) bond motifs is 3. The Labute approximate surface area is 182 Å². The predicted octanol–water partition coefficient (Wildman–Crippen LogP) is 3.65. The quantitative estimate of drug-likeness (QED) is 0.361. The van der Waals surface area contributed by atoms with Crippen LogP contribution in [-0.4, -0.2) is 34.1 Å². The molecular formula is C24H17N3O5. The number of nitro groups is 1. The Morgan fingerprint density at radius 2 is 1.44 bits per heavy atom. The van der Waals surface area contributed by atoms with Crippen LogP contribution < -0.4 is 4.90 Å². The molecule has 0 bridgehead atoms. The van der Waals surface area contributed by atoms with E-state index in [9.17, 15) is 24.5 Å². The third kappa shape index (κ3) is 2.96. The molecule has 5 rings (SSSR count). The molecule has 0 radical (unpaired) electrons. The molecule has 0 aliphatic carbocycles. The van der Waals surface area contributed by atoms with Crippen molar-refractivity contribution in [3.8, 4) is 0 Å². The molecule has 0 unspecified atom stereocenters. The molecule has 0 saturated carbocycles. The van der Waals surface area contributed by atoms with Crippen LogP contribution in [0.3, 0.4) is 0 Å². The molecule has 0 fully saturated rings. The smallest absolute Gasteiger partial charge is 0.279 e. The lowest BCUT2D eigenvalue weighted by molar-refractivity contribution is -0.385. The maximum Gasteiger partial charge on any atom is 0.282 e. The summed E-state index contributed by atoms with van der Waals surface area (Å²) in [6.45, 7) is -0.522. The summed E-state index contributed by atoms with van der Waals surface area (Å²) in [5.41, 5.74) is 2.59. The molecule has 32 heavy (non-hydrogen) atoms. The Hall–Kier alpha value is -4.33. The van der Waals surface area contributed by atoms with E-state index in [2.05, 4.69) is 0 Å². The summed E-state index contributed by atoms with van der Waals surface area (Å²) < 4.78 is 0. The van der Waals surface area contributed by atoms with E-state index in [4.69, 9.17) is 0 Å². The zero-order valence-corrected chi connectivity index (χ0v) is 16.9. The molecule has 8 heteroatoms. The molecule has 0 spiro atoms. The Morgan fingerprint density at radius 1 is 0.844 bits per heavy atom. The Kier molecular flexibility index (Phi) is 4.55. The van der Waals surface area contributed by atoms with Crippen molar-refractivity contribution in [2.75, 3.05) is 11.4 Å². The lowest BCUT2D eigenvalue weighted by Gasteiger charge is -2.26. The summed E-state index contributed by atoms with van der Waals surface area (Å²) >= 11 is 0. The molecule has 0 aromatic heterocycles. The number of carbonyl (C=O) groups is 3. The van der Waals surface area contributed by atoms with Gasteiger partial charge in [0.1, 0.15) is 12.1 Å². The number of anilines is 2. The van der Waals surface area contributed by atoms with E-state index in [-0.39, 0.29) is 11.1 Å². The van der Waals surface area contributed by atoms with Gasteiger partial charge in [-0.05, 0) is 42.2 Å². The van der Waals surface area contributed by atoms with Gasteiger partial charge in [-0.2, -0.15) is 0 Å². The van der Waals surface area contributed by atoms with E-state index in [1.807, 2.05) is 48.5 Å². The zero-order valence-electron chi connectivity index (χ0n) is 16.9. The first-order valence-electron chi connectivity index (χ1n) is 10.1. The maximum absolute atomic E-state index is 13.5. The van der Waals surface area contributed by atoms with Crippen molar-refractivity contribution < 1.29 is 19.3 Å². The number of hydrogen-bond acceptors (Lipinski definition) is 5. The molecule has 3 aromatic rings. The van der Waals surface area contributed by atoms with Crippen LogP contribution in [-0.2, 0) is 17.6 Å². The van der Waals surface area contributed by atoms with Gasteiger partial charge in [0, 0.05) is 6.07 Å². The number of rotatable bonds is 3. The number of aryl methyl sites for hydroxylation is 2. The van der Waals surface area contributed by atoms with Gasteiger partial charge in [-0.15, -0.1) is 0 Å². The SMILES string of the molecule is O=C1c2cccc([N+](=O)[O-])c2C(=O)N1CC(=O)N1c2ccccc2CCc2ccccc21. The highest BCUT2D eigenvalue weighted by atomic mass is 16.6. The molecule has 2 heterocycles. The van der Waals surface area contributed by atoms with Crippen molar-refractivity contribution in [2.45, 2.75) is 12.8 Å². The second-order valence-electron chi connectivity index (χ2n) is 7.64. The highest BCUT2D eigenvalue weighted by molar-refractivity contribution is 6.24. The van der Waals surface area contributed by atoms with Gasteiger partial charge in [0.25, 0.3) is 23.4 Å². The first-order valence-corrected chi connectivity index (χ1v) is 10.1. The van der Waals surface area contributed by atoms with Crippen molar-refractivity contribution in [2.24, 2.45) is 0 Å². The van der Waals surface area contributed by atoms with Gasteiger partial charge in [0.15, 0.2) is 0 Å². The maximum atomic E-state index is 13.5. The van der Waals surface area contributed by atoms with E-state index in [0.717, 1.165) is 28.9 Å². The topological polar surface area (TPSA) is 101 Å². The number of hydrogen-bond donors (Lipinski definition) is 0. The Morgan fingerprint density at radius 3 is 2.03 bits per heavy atom. The number of para-hydroxylation sites is 2. The van der Waals surface area contributed by atoms with E-state index >= 15 is 0 Å². The fourth-order valence-corrected chi connectivity index (χ4v) is 4.37. The van der Waals surface area contributed by atoms with E-state index < -0.39 is 34.9 Å². The Balaban J connectivity index is 1.54. The summed E-state index contributed by atoms with van der Waals surface area (Å²) in [4.78, 5) is 52.3. The molecule has 0 N–H and O–H groups in total. The number of imide groups is 1. The minimum absolute atomic E-state index is 0.0614. The summed E-state index contributed by atoms with van der Waals surface area (Å²) in [6.07, 6.45) is 1.49. The molecule has 8 nitrogen and oxygen atoms in total. The molecular weight excluding hydrogens is 410 g/mol. The van der Waals surface area contributed by atoms with Crippen LogP contribution in [0.1, 0.15) is 31.8 Å². The van der Waals surface area contributed by atoms with Crippen LogP contribution in [0, 0.1) is 10.1 Å². The number of nitrogens with zero attached hydrogens (tertiary/aromatic N) is 3. The van der Waals surface area contributed by atoms with Crippen molar-refractivity contribution >= 4 is 34.8 Å². The molecule has 0 saturated heterocycles. The van der Waals surface area contributed by atoms with Crippen molar-refractivity contribution in [3.05, 3.63) is 99.1 Å². The van der Waals surface area contributed by atoms with Crippen molar-refractivity contribution in [1.82, 2.24) is 4.90 Å². The number of benzene rings is 3. The number of nitro benzene ring substituents is 1. The largest absolute Gasteiger partial charge is 0.282 e. The highest BCUT2D eigenvalue weighted by Gasteiger charge is 2.42. The van der Waals surface area contributed by atoms with Crippen LogP contribution in [0.25, 0.3) is 0 Å². The van der Waals surface area contributed by atoms with Gasteiger partial charge in [-0.25, -0.2) is 0 Å². The second-order valence-corrected chi connectivity index (χ2v) is 7.64. The standard InChI is InChI=1S/C24H17N3O5/c28-21(14-25-23(29)17-8-5-11-20(27(31)32)22(17)24(25)30)26-18-9-3-1-6-15(18)12-13-16-7-2-4-10-19(16)26/h1-11H,12-14H2. The number of carbonyl (C=O) groups excluding carboxylic acids is 3. The molecule has 0 atom stereocenters. The molecule has 3 aromatic carbocycles. The Bertz CT molecular complexity index is 1270. The molecule has 158 valence electrons. The van der Waals surface area contributed by atoms with Crippen LogP contribution >= 0.6 is 0 Å². The van der Waals surface area contributed by atoms with E-state index in [1.165, 1.54) is 23.1 Å². The fourth-order valence-electron chi connectivity index (χ4n) is 4.37. The monoisotopic (exact) mass is 427 g/mol. The van der Waals surface area contributed by atoms with Gasteiger partial charge in [0.05, 0.1) is 21.9 Å². The average molecular weight is 427 g/mol. The van der Waals surface area contributed by atoms with E-state index in [0.29, 0.717) is 11.4 Å². The van der Waals surface area contributed by atoms with Crippen molar-refractivity contribution in [1.29, 1.82) is 0 Å². The predicted molar refractivity (Wildman–Crippen MR) is 116 cm³/mol. The van der Waals surface area contributed by atoms with Gasteiger partial charge in [-0.3, -0.25) is 34.3 Å². The van der Waals surface area contributed by atoms with E-state index in [1.54, 1.807) is 0 Å². The lowest BCUT2D eigenvalue weighted by Crippen LogP contribution is -2.41. The van der Waals surface area contributed by atoms with Gasteiger partial charge >= 0.3 is 0 Å². The highest BCUT2D eigenvalue weighted by Crippen LogP contribution is 2.37. The summed E-state index contributed by atoms with van der Waals surface area (Å²) in [5.74, 6) is -2.01. The third-order valence-electron chi connectivity index (χ3n) is 5.85. The van der Waals surface area contributed by atoms with Gasteiger partial charge in [-0.1, -0.05) is 42.5 Å².